The normalized spacial score (nSPS) is 17.6. The zero-order valence-electron chi connectivity index (χ0n) is 9.77. The molecule has 1 aromatic rings. The number of hydrogen-bond acceptors (Lipinski definition) is 4. The zero-order chi connectivity index (χ0) is 11.5. The van der Waals surface area contributed by atoms with Gasteiger partial charge in [-0.3, -0.25) is 4.79 Å². The first-order valence-electron chi connectivity index (χ1n) is 5.71. The molecule has 88 valence electrons. The number of hydrogen-bond donors (Lipinski definition) is 0. The molecule has 4 nitrogen and oxygen atoms in total. The lowest BCUT2D eigenvalue weighted by atomic mass is 9.87. The second-order valence-electron chi connectivity index (χ2n) is 4.25. The van der Waals surface area contributed by atoms with Crippen molar-refractivity contribution < 1.29 is 0 Å². The molecule has 5 heteroatoms. The number of nitrogens with zero attached hydrogens (tertiary/aromatic N) is 3. The Morgan fingerprint density at radius 2 is 2.00 bits per heavy atom. The third-order valence-electron chi connectivity index (χ3n) is 3.13. The van der Waals surface area contributed by atoms with Gasteiger partial charge < -0.3 is 0 Å². The summed E-state index contributed by atoms with van der Waals surface area (Å²) in [5, 5.41) is 5.07. The van der Waals surface area contributed by atoms with E-state index in [4.69, 9.17) is 0 Å². The van der Waals surface area contributed by atoms with Gasteiger partial charge >= 0.3 is 0 Å². The smallest absolute Gasteiger partial charge is 0.265 e. The minimum atomic E-state index is -0.130. The largest absolute Gasteiger partial charge is 0.295 e. The Hall–Kier alpha value is -0.840. The number of rotatable bonds is 2. The molecule has 0 aliphatic heterocycles. The van der Waals surface area contributed by atoms with Crippen molar-refractivity contribution in [1.82, 2.24) is 14.8 Å². The predicted molar refractivity (Wildman–Crippen MR) is 64.9 cm³/mol. The van der Waals surface area contributed by atoms with E-state index in [0.717, 1.165) is 12.8 Å². The summed E-state index contributed by atoms with van der Waals surface area (Å²) in [4.78, 5) is 15.9. The molecule has 0 aromatic carbocycles. The summed E-state index contributed by atoms with van der Waals surface area (Å²) in [5.41, 5.74) is 0.536. The van der Waals surface area contributed by atoms with Crippen LogP contribution in [0.4, 0.5) is 0 Å². The van der Waals surface area contributed by atoms with E-state index >= 15 is 0 Å². The quantitative estimate of drug-likeness (QED) is 0.740. The van der Waals surface area contributed by atoms with E-state index in [-0.39, 0.29) is 5.56 Å². The molecule has 0 unspecified atom stereocenters. The van der Waals surface area contributed by atoms with Gasteiger partial charge in [-0.1, -0.05) is 31.0 Å². The fourth-order valence-corrected chi connectivity index (χ4v) is 2.75. The van der Waals surface area contributed by atoms with Crippen molar-refractivity contribution in [2.75, 3.05) is 6.26 Å². The molecule has 1 aliphatic rings. The van der Waals surface area contributed by atoms with Crippen LogP contribution < -0.4 is 5.56 Å². The fraction of sp³-hybridized carbons (Fsp3) is 0.727. The van der Waals surface area contributed by atoms with Crippen LogP contribution in [-0.4, -0.2) is 21.0 Å². The van der Waals surface area contributed by atoms with E-state index in [0.29, 0.717) is 16.8 Å². The minimum Gasteiger partial charge on any atom is -0.265 e. The Kier molecular flexibility index (Phi) is 3.63. The minimum absolute atomic E-state index is 0.130. The van der Waals surface area contributed by atoms with Crippen molar-refractivity contribution in [3.63, 3.8) is 0 Å². The standard InChI is InChI=1S/C11H17N3OS/c1-14-11(16-2)12-10(15)9(13-14)8-6-4-3-5-7-8/h8H,3-7H2,1-2H3. The Balaban J connectivity index is 2.33. The number of thioether (sulfide) groups is 1. The SMILES string of the molecule is CSc1nc(=O)c(C2CCCCC2)nn1C. The van der Waals surface area contributed by atoms with Crippen LogP contribution >= 0.6 is 11.8 Å². The van der Waals surface area contributed by atoms with Crippen molar-refractivity contribution in [1.29, 1.82) is 0 Å². The third-order valence-corrected chi connectivity index (χ3v) is 3.85. The molecule has 1 heterocycles. The molecule has 1 aliphatic carbocycles. The first-order chi connectivity index (χ1) is 7.72. The summed E-state index contributed by atoms with van der Waals surface area (Å²) in [7, 11) is 1.85. The van der Waals surface area contributed by atoms with Gasteiger partial charge in [-0.25, -0.2) is 4.68 Å². The monoisotopic (exact) mass is 239 g/mol. The second kappa shape index (κ2) is 4.99. The van der Waals surface area contributed by atoms with Crippen molar-refractivity contribution in [2.45, 2.75) is 43.2 Å². The summed E-state index contributed by atoms with van der Waals surface area (Å²) < 4.78 is 1.72. The van der Waals surface area contributed by atoms with Crippen LogP contribution in [0.5, 0.6) is 0 Å². The molecule has 0 amide bonds. The van der Waals surface area contributed by atoms with Gasteiger partial charge in [-0.2, -0.15) is 10.1 Å². The van der Waals surface area contributed by atoms with Crippen molar-refractivity contribution in [2.24, 2.45) is 7.05 Å². The maximum atomic E-state index is 11.9. The lowest BCUT2D eigenvalue weighted by Crippen LogP contribution is -2.25. The van der Waals surface area contributed by atoms with Crippen LogP contribution in [0.25, 0.3) is 0 Å². The molecule has 2 rings (SSSR count). The molecule has 0 saturated heterocycles. The molecule has 0 atom stereocenters. The van der Waals surface area contributed by atoms with Crippen molar-refractivity contribution in [3.05, 3.63) is 16.0 Å². The molecule has 16 heavy (non-hydrogen) atoms. The Morgan fingerprint density at radius 3 is 2.62 bits per heavy atom. The van der Waals surface area contributed by atoms with Crippen LogP contribution in [-0.2, 0) is 7.05 Å². The number of aryl methyl sites for hydroxylation is 1. The Labute approximate surface area is 99.5 Å². The van der Waals surface area contributed by atoms with E-state index < -0.39 is 0 Å². The predicted octanol–water partition coefficient (Wildman–Crippen LogP) is 1.94. The summed E-state index contributed by atoms with van der Waals surface area (Å²) >= 11 is 1.45. The molecule has 1 fully saturated rings. The van der Waals surface area contributed by atoms with Gasteiger partial charge in [0.1, 0.15) is 5.69 Å². The van der Waals surface area contributed by atoms with Crippen LogP contribution in [0.1, 0.15) is 43.7 Å². The highest BCUT2D eigenvalue weighted by molar-refractivity contribution is 7.98. The lowest BCUT2D eigenvalue weighted by molar-refractivity contribution is 0.418. The Bertz CT molecular complexity index is 424. The topological polar surface area (TPSA) is 47.8 Å². The van der Waals surface area contributed by atoms with Crippen LogP contribution in [0.2, 0.25) is 0 Å². The van der Waals surface area contributed by atoms with E-state index in [1.165, 1.54) is 31.0 Å². The maximum absolute atomic E-state index is 11.9. The van der Waals surface area contributed by atoms with Gasteiger partial charge in [-0.05, 0) is 19.1 Å². The van der Waals surface area contributed by atoms with Crippen LogP contribution in [0.3, 0.4) is 0 Å². The highest BCUT2D eigenvalue weighted by atomic mass is 32.2. The average molecular weight is 239 g/mol. The van der Waals surface area contributed by atoms with Gasteiger partial charge in [0, 0.05) is 13.0 Å². The second-order valence-corrected chi connectivity index (χ2v) is 5.02. The first-order valence-corrected chi connectivity index (χ1v) is 6.94. The summed E-state index contributed by atoms with van der Waals surface area (Å²) in [6.07, 6.45) is 7.78. The molecule has 0 spiro atoms. The van der Waals surface area contributed by atoms with E-state index in [2.05, 4.69) is 10.1 Å². The molecule has 0 N–H and O–H groups in total. The molecular formula is C11H17N3OS. The maximum Gasteiger partial charge on any atom is 0.295 e. The highest BCUT2D eigenvalue weighted by Crippen LogP contribution is 2.29. The van der Waals surface area contributed by atoms with Gasteiger partial charge in [0.25, 0.3) is 5.56 Å². The fourth-order valence-electron chi connectivity index (χ4n) is 2.27. The zero-order valence-corrected chi connectivity index (χ0v) is 10.6. The molecular weight excluding hydrogens is 222 g/mol. The van der Waals surface area contributed by atoms with E-state index in [9.17, 15) is 4.79 Å². The third kappa shape index (κ3) is 2.29. The highest BCUT2D eigenvalue weighted by Gasteiger charge is 2.21. The number of aromatic nitrogens is 3. The molecule has 0 radical (unpaired) electrons. The molecule has 0 bridgehead atoms. The first kappa shape index (κ1) is 11.6. The van der Waals surface area contributed by atoms with Crippen molar-refractivity contribution >= 4 is 11.8 Å². The lowest BCUT2D eigenvalue weighted by Gasteiger charge is -2.20. The van der Waals surface area contributed by atoms with E-state index in [1.54, 1.807) is 4.68 Å². The van der Waals surface area contributed by atoms with Gasteiger partial charge in [0.2, 0.25) is 0 Å². The summed E-state index contributed by atoms with van der Waals surface area (Å²) in [5.74, 6) is 0.329. The van der Waals surface area contributed by atoms with Crippen LogP contribution in [0, 0.1) is 0 Å². The molecule has 1 aromatic heterocycles. The van der Waals surface area contributed by atoms with E-state index in [1.807, 2.05) is 13.3 Å². The van der Waals surface area contributed by atoms with Crippen molar-refractivity contribution in [3.8, 4) is 0 Å². The summed E-state index contributed by atoms with van der Waals surface area (Å²) in [6.45, 7) is 0. The van der Waals surface area contributed by atoms with Gasteiger partial charge in [-0.15, -0.1) is 0 Å². The van der Waals surface area contributed by atoms with Gasteiger partial charge in [0.15, 0.2) is 5.16 Å². The average Bonchev–Trinajstić information content (AvgIpc) is 2.32. The molecule has 1 saturated carbocycles. The Morgan fingerprint density at radius 1 is 1.31 bits per heavy atom. The summed E-state index contributed by atoms with van der Waals surface area (Å²) in [6, 6.07) is 0. The van der Waals surface area contributed by atoms with Gasteiger partial charge in [0.05, 0.1) is 0 Å². The van der Waals surface area contributed by atoms with Crippen LogP contribution in [0.15, 0.2) is 9.95 Å².